The van der Waals surface area contributed by atoms with E-state index in [1.165, 1.54) is 0 Å². The molecule has 1 fully saturated rings. The van der Waals surface area contributed by atoms with Crippen LogP contribution in [0.2, 0.25) is 0 Å². The molecule has 0 radical (unpaired) electrons. The molecule has 0 atom stereocenters. The third-order valence-corrected chi connectivity index (χ3v) is 4.12. The predicted octanol–water partition coefficient (Wildman–Crippen LogP) is 1.20. The van der Waals surface area contributed by atoms with Crippen LogP contribution in [0.25, 0.3) is 0 Å². The van der Waals surface area contributed by atoms with Crippen LogP contribution in [0.3, 0.4) is 0 Å². The van der Waals surface area contributed by atoms with E-state index < -0.39 is 10.0 Å². The average molecular weight is 255 g/mol. The van der Waals surface area contributed by atoms with E-state index in [1.54, 1.807) is 18.3 Å². The van der Waals surface area contributed by atoms with Crippen molar-refractivity contribution >= 4 is 15.8 Å². The monoisotopic (exact) mass is 255 g/mol. The van der Waals surface area contributed by atoms with Crippen molar-refractivity contribution in [2.75, 3.05) is 18.4 Å². The fourth-order valence-corrected chi connectivity index (χ4v) is 2.78. The van der Waals surface area contributed by atoms with E-state index >= 15 is 0 Å². The first-order valence-corrected chi connectivity index (χ1v) is 7.30. The summed E-state index contributed by atoms with van der Waals surface area (Å²) in [6, 6.07) is 3.20. The molecule has 1 aromatic heterocycles. The summed E-state index contributed by atoms with van der Waals surface area (Å²) < 4.78 is 26.8. The Morgan fingerprint density at radius 2 is 2.24 bits per heavy atom. The van der Waals surface area contributed by atoms with Gasteiger partial charge in [0.1, 0.15) is 10.7 Å². The van der Waals surface area contributed by atoms with Crippen molar-refractivity contribution < 1.29 is 8.42 Å². The molecule has 1 heterocycles. The van der Waals surface area contributed by atoms with Gasteiger partial charge in [-0.1, -0.05) is 0 Å². The van der Waals surface area contributed by atoms with E-state index in [0.717, 1.165) is 12.8 Å². The normalized spacial score (nSPS) is 15.8. The number of nitrogens with one attached hydrogen (secondary N) is 2. The largest absolute Gasteiger partial charge is 0.369 e. The number of nitrogens with zero attached hydrogens (tertiary/aromatic N) is 1. The highest BCUT2D eigenvalue weighted by Crippen LogP contribution is 2.28. The summed E-state index contributed by atoms with van der Waals surface area (Å²) in [6.07, 6.45) is 3.82. The number of rotatable bonds is 6. The van der Waals surface area contributed by atoms with Crippen molar-refractivity contribution in [2.45, 2.75) is 24.7 Å². The Morgan fingerprint density at radius 3 is 2.88 bits per heavy atom. The van der Waals surface area contributed by atoms with Gasteiger partial charge in [0.05, 0.1) is 0 Å². The summed E-state index contributed by atoms with van der Waals surface area (Å²) in [5, 5.41) is 2.96. The topological polar surface area (TPSA) is 71.1 Å². The van der Waals surface area contributed by atoms with Crippen LogP contribution in [0.5, 0.6) is 0 Å². The molecule has 2 rings (SSSR count). The van der Waals surface area contributed by atoms with Gasteiger partial charge in [-0.15, -0.1) is 0 Å². The molecule has 6 heteroatoms. The highest BCUT2D eigenvalue weighted by molar-refractivity contribution is 7.89. The Hall–Kier alpha value is -1.14. The van der Waals surface area contributed by atoms with Gasteiger partial charge >= 0.3 is 0 Å². The lowest BCUT2D eigenvalue weighted by Gasteiger charge is -2.10. The number of aromatic nitrogens is 1. The van der Waals surface area contributed by atoms with Gasteiger partial charge in [0.2, 0.25) is 10.0 Å². The average Bonchev–Trinajstić information content (AvgIpc) is 3.11. The zero-order valence-corrected chi connectivity index (χ0v) is 10.6. The Morgan fingerprint density at radius 1 is 1.47 bits per heavy atom. The first-order valence-electron chi connectivity index (χ1n) is 5.82. The van der Waals surface area contributed by atoms with Crippen molar-refractivity contribution in [3.63, 3.8) is 0 Å². The number of pyridine rings is 1. The summed E-state index contributed by atoms with van der Waals surface area (Å²) in [7, 11) is -3.44. The maximum absolute atomic E-state index is 12.1. The highest BCUT2D eigenvalue weighted by atomic mass is 32.2. The summed E-state index contributed by atoms with van der Waals surface area (Å²) >= 11 is 0. The first kappa shape index (κ1) is 12.3. The molecule has 0 amide bonds. The molecule has 0 spiro atoms. The molecular formula is C11H17N3O2S. The molecular weight excluding hydrogens is 238 g/mol. The van der Waals surface area contributed by atoms with E-state index in [4.69, 9.17) is 0 Å². The van der Waals surface area contributed by atoms with Crippen LogP contribution in [-0.2, 0) is 10.0 Å². The third kappa shape index (κ3) is 3.17. The molecule has 1 aliphatic carbocycles. The van der Waals surface area contributed by atoms with Crippen LogP contribution in [-0.4, -0.2) is 26.5 Å². The maximum Gasteiger partial charge on any atom is 0.244 e. The van der Waals surface area contributed by atoms with Crippen molar-refractivity contribution in [2.24, 2.45) is 5.92 Å². The Labute approximate surface area is 102 Å². The molecule has 0 bridgehead atoms. The lowest BCUT2D eigenvalue weighted by Crippen LogP contribution is -2.27. The summed E-state index contributed by atoms with van der Waals surface area (Å²) in [6.45, 7) is 3.08. The number of anilines is 1. The fraction of sp³-hybridized carbons (Fsp3) is 0.545. The number of hydrogen-bond acceptors (Lipinski definition) is 4. The quantitative estimate of drug-likeness (QED) is 0.801. The van der Waals surface area contributed by atoms with Gasteiger partial charge in [0.25, 0.3) is 0 Å². The molecule has 1 aromatic rings. The SMILES string of the molecule is CCNc1ncccc1S(=O)(=O)NCC1CC1. The Balaban J connectivity index is 2.18. The van der Waals surface area contributed by atoms with Crippen LogP contribution in [0.15, 0.2) is 23.2 Å². The van der Waals surface area contributed by atoms with Gasteiger partial charge in [-0.3, -0.25) is 0 Å². The van der Waals surface area contributed by atoms with E-state index in [0.29, 0.717) is 24.8 Å². The van der Waals surface area contributed by atoms with Crippen LogP contribution in [0.4, 0.5) is 5.82 Å². The predicted molar refractivity (Wildman–Crippen MR) is 66.3 cm³/mol. The van der Waals surface area contributed by atoms with Gasteiger partial charge in [0.15, 0.2) is 0 Å². The molecule has 0 unspecified atom stereocenters. The second-order valence-electron chi connectivity index (χ2n) is 4.18. The summed E-state index contributed by atoms with van der Waals surface area (Å²) in [4.78, 5) is 4.27. The van der Waals surface area contributed by atoms with Crippen LogP contribution < -0.4 is 10.0 Å². The van der Waals surface area contributed by atoms with E-state index in [-0.39, 0.29) is 4.90 Å². The number of hydrogen-bond donors (Lipinski definition) is 2. The smallest absolute Gasteiger partial charge is 0.244 e. The molecule has 2 N–H and O–H groups in total. The van der Waals surface area contributed by atoms with Gasteiger partial charge in [-0.05, 0) is 37.8 Å². The second kappa shape index (κ2) is 5.01. The minimum absolute atomic E-state index is 0.225. The molecule has 0 aliphatic heterocycles. The van der Waals surface area contributed by atoms with Crippen molar-refractivity contribution in [3.05, 3.63) is 18.3 Å². The van der Waals surface area contributed by atoms with Gasteiger partial charge < -0.3 is 5.32 Å². The van der Waals surface area contributed by atoms with E-state index in [2.05, 4.69) is 15.0 Å². The van der Waals surface area contributed by atoms with Crippen molar-refractivity contribution in [3.8, 4) is 0 Å². The Bertz CT molecular complexity index is 483. The van der Waals surface area contributed by atoms with Gasteiger partial charge in [-0.25, -0.2) is 18.1 Å². The second-order valence-corrected chi connectivity index (χ2v) is 5.91. The molecule has 5 nitrogen and oxygen atoms in total. The van der Waals surface area contributed by atoms with Gasteiger partial charge in [0, 0.05) is 19.3 Å². The zero-order chi connectivity index (χ0) is 12.3. The molecule has 17 heavy (non-hydrogen) atoms. The molecule has 94 valence electrons. The summed E-state index contributed by atoms with van der Waals surface area (Å²) in [5.74, 6) is 0.933. The van der Waals surface area contributed by atoms with Crippen LogP contribution >= 0.6 is 0 Å². The fourth-order valence-electron chi connectivity index (χ4n) is 1.53. The molecule has 1 saturated carbocycles. The first-order chi connectivity index (χ1) is 8.13. The van der Waals surface area contributed by atoms with Gasteiger partial charge in [-0.2, -0.15) is 0 Å². The standard InChI is InChI=1S/C11H17N3O2S/c1-2-12-11-10(4-3-7-13-11)17(15,16)14-8-9-5-6-9/h3-4,7,9,14H,2,5-6,8H2,1H3,(H,12,13). The van der Waals surface area contributed by atoms with Crippen molar-refractivity contribution in [1.29, 1.82) is 0 Å². The molecule has 0 aromatic carbocycles. The molecule has 0 saturated heterocycles. The van der Waals surface area contributed by atoms with Crippen LogP contribution in [0.1, 0.15) is 19.8 Å². The lowest BCUT2D eigenvalue weighted by atomic mass is 10.4. The minimum atomic E-state index is -3.44. The number of sulfonamides is 1. The summed E-state index contributed by atoms with van der Waals surface area (Å²) in [5.41, 5.74) is 0. The maximum atomic E-state index is 12.1. The highest BCUT2D eigenvalue weighted by Gasteiger charge is 2.25. The minimum Gasteiger partial charge on any atom is -0.369 e. The lowest BCUT2D eigenvalue weighted by molar-refractivity contribution is 0.577. The van der Waals surface area contributed by atoms with Crippen molar-refractivity contribution in [1.82, 2.24) is 9.71 Å². The van der Waals surface area contributed by atoms with Crippen LogP contribution in [0, 0.1) is 5.92 Å². The molecule has 1 aliphatic rings. The zero-order valence-electron chi connectivity index (χ0n) is 9.81. The third-order valence-electron chi connectivity index (χ3n) is 2.66. The Kier molecular flexibility index (Phi) is 3.63. The van der Waals surface area contributed by atoms with E-state index in [9.17, 15) is 8.42 Å². The van der Waals surface area contributed by atoms with E-state index in [1.807, 2.05) is 6.92 Å².